The summed E-state index contributed by atoms with van der Waals surface area (Å²) < 4.78 is 0. The maximum absolute atomic E-state index is 4.44. The Morgan fingerprint density at radius 1 is 1.07 bits per heavy atom. The summed E-state index contributed by atoms with van der Waals surface area (Å²) in [6.07, 6.45) is 5.49. The van der Waals surface area contributed by atoms with Gasteiger partial charge in [-0.1, -0.05) is 33.8 Å². The smallest absolute Gasteiger partial charge is 0.0443 e. The standard InChI is InChI=1S/C13H25N/c1-10(2)7-13(8-11(3)4)9-14-12(5)6/h7,9-12H,8H2,1-6H3/b13-7-,14-9-. The molecule has 0 saturated heterocycles. The normalized spacial score (nSPS) is 13.9. The van der Waals surface area contributed by atoms with E-state index in [0.717, 1.165) is 6.42 Å². The lowest BCUT2D eigenvalue weighted by Gasteiger charge is -2.07. The van der Waals surface area contributed by atoms with Crippen molar-refractivity contribution in [3.63, 3.8) is 0 Å². The molecule has 0 atom stereocenters. The van der Waals surface area contributed by atoms with Gasteiger partial charge >= 0.3 is 0 Å². The van der Waals surface area contributed by atoms with E-state index in [4.69, 9.17) is 0 Å². The molecule has 0 bridgehead atoms. The van der Waals surface area contributed by atoms with Gasteiger partial charge in [0.05, 0.1) is 0 Å². The second kappa shape index (κ2) is 6.80. The Morgan fingerprint density at radius 3 is 2.00 bits per heavy atom. The minimum atomic E-state index is 0.401. The van der Waals surface area contributed by atoms with E-state index in [-0.39, 0.29) is 0 Å². The Balaban J connectivity index is 4.40. The minimum absolute atomic E-state index is 0.401. The molecular formula is C13H25N. The van der Waals surface area contributed by atoms with Gasteiger partial charge in [0.1, 0.15) is 0 Å². The quantitative estimate of drug-likeness (QED) is 0.586. The maximum atomic E-state index is 4.44. The van der Waals surface area contributed by atoms with E-state index < -0.39 is 0 Å². The first-order valence-electron chi connectivity index (χ1n) is 5.65. The number of hydrogen-bond donors (Lipinski definition) is 0. The van der Waals surface area contributed by atoms with E-state index in [9.17, 15) is 0 Å². The third-order valence-corrected chi connectivity index (χ3v) is 1.73. The molecule has 0 radical (unpaired) electrons. The fourth-order valence-electron chi connectivity index (χ4n) is 1.31. The molecule has 0 aliphatic carbocycles. The highest BCUT2D eigenvalue weighted by Gasteiger charge is 2.00. The molecule has 0 unspecified atom stereocenters. The van der Waals surface area contributed by atoms with E-state index in [0.29, 0.717) is 17.9 Å². The lowest BCUT2D eigenvalue weighted by Crippen LogP contribution is -1.98. The molecule has 0 aromatic heterocycles. The van der Waals surface area contributed by atoms with E-state index in [1.807, 2.05) is 6.21 Å². The molecule has 14 heavy (non-hydrogen) atoms. The molecule has 0 rings (SSSR count). The highest BCUT2D eigenvalue weighted by molar-refractivity contribution is 5.78. The summed E-state index contributed by atoms with van der Waals surface area (Å²) in [6, 6.07) is 0.401. The molecule has 0 saturated carbocycles. The summed E-state index contributed by atoms with van der Waals surface area (Å²) in [5, 5.41) is 0. The molecule has 0 N–H and O–H groups in total. The van der Waals surface area contributed by atoms with Crippen LogP contribution in [-0.4, -0.2) is 12.3 Å². The van der Waals surface area contributed by atoms with Crippen molar-refractivity contribution in [2.45, 2.75) is 54.0 Å². The van der Waals surface area contributed by atoms with Crippen LogP contribution in [0.5, 0.6) is 0 Å². The van der Waals surface area contributed by atoms with Gasteiger partial charge in [-0.2, -0.15) is 0 Å². The number of allylic oxidation sites excluding steroid dienone is 2. The predicted molar refractivity (Wildman–Crippen MR) is 66.0 cm³/mol. The Hall–Kier alpha value is -0.590. The van der Waals surface area contributed by atoms with Gasteiger partial charge in [0.25, 0.3) is 0 Å². The zero-order valence-corrected chi connectivity index (χ0v) is 10.5. The van der Waals surface area contributed by atoms with Crippen molar-refractivity contribution < 1.29 is 0 Å². The molecule has 0 aliphatic rings. The Kier molecular flexibility index (Phi) is 6.52. The number of aliphatic imine (C=N–C) groups is 1. The molecule has 0 fully saturated rings. The lowest BCUT2D eigenvalue weighted by molar-refractivity contribution is 0.648. The van der Waals surface area contributed by atoms with Crippen molar-refractivity contribution in [2.75, 3.05) is 0 Å². The molecule has 0 heterocycles. The minimum Gasteiger partial charge on any atom is -0.290 e. The van der Waals surface area contributed by atoms with Gasteiger partial charge in [-0.25, -0.2) is 0 Å². The van der Waals surface area contributed by atoms with Gasteiger partial charge in [-0.15, -0.1) is 0 Å². The Morgan fingerprint density at radius 2 is 1.64 bits per heavy atom. The van der Waals surface area contributed by atoms with Crippen LogP contribution < -0.4 is 0 Å². The topological polar surface area (TPSA) is 12.4 Å². The van der Waals surface area contributed by atoms with Crippen LogP contribution in [0.4, 0.5) is 0 Å². The Bertz CT molecular complexity index is 197. The van der Waals surface area contributed by atoms with Crippen molar-refractivity contribution in [2.24, 2.45) is 16.8 Å². The predicted octanol–water partition coefficient (Wildman–Crippen LogP) is 4.09. The molecule has 0 aliphatic heterocycles. The van der Waals surface area contributed by atoms with Crippen molar-refractivity contribution in [3.8, 4) is 0 Å². The van der Waals surface area contributed by atoms with Gasteiger partial charge in [0, 0.05) is 12.3 Å². The van der Waals surface area contributed by atoms with Crippen LogP contribution in [0.3, 0.4) is 0 Å². The molecule has 1 heteroatoms. The molecule has 82 valence electrons. The van der Waals surface area contributed by atoms with Crippen molar-refractivity contribution in [1.82, 2.24) is 0 Å². The second-order valence-corrected chi connectivity index (χ2v) is 4.96. The van der Waals surface area contributed by atoms with Gasteiger partial charge in [0.2, 0.25) is 0 Å². The average molecular weight is 195 g/mol. The van der Waals surface area contributed by atoms with Crippen LogP contribution >= 0.6 is 0 Å². The fraction of sp³-hybridized carbons (Fsp3) is 0.769. The van der Waals surface area contributed by atoms with Crippen LogP contribution in [-0.2, 0) is 0 Å². The zero-order valence-electron chi connectivity index (χ0n) is 10.5. The van der Waals surface area contributed by atoms with E-state index >= 15 is 0 Å². The molecule has 0 spiro atoms. The van der Waals surface area contributed by atoms with Crippen LogP contribution in [0.2, 0.25) is 0 Å². The number of hydrogen-bond acceptors (Lipinski definition) is 1. The van der Waals surface area contributed by atoms with E-state index in [1.54, 1.807) is 0 Å². The zero-order chi connectivity index (χ0) is 11.1. The summed E-state index contributed by atoms with van der Waals surface area (Å²) in [7, 11) is 0. The molecular weight excluding hydrogens is 170 g/mol. The second-order valence-electron chi connectivity index (χ2n) is 4.96. The maximum Gasteiger partial charge on any atom is 0.0443 e. The van der Waals surface area contributed by atoms with E-state index in [1.165, 1.54) is 5.57 Å². The third kappa shape index (κ3) is 8.03. The highest BCUT2D eigenvalue weighted by atomic mass is 14.7. The van der Waals surface area contributed by atoms with E-state index in [2.05, 4.69) is 52.6 Å². The average Bonchev–Trinajstić information content (AvgIpc) is 1.97. The lowest BCUT2D eigenvalue weighted by atomic mass is 10.0. The SMILES string of the molecule is CC(C)/C=C(\C=N/C(C)C)CC(C)C. The molecule has 0 aromatic rings. The van der Waals surface area contributed by atoms with Crippen LogP contribution in [0.1, 0.15) is 48.0 Å². The third-order valence-electron chi connectivity index (χ3n) is 1.73. The van der Waals surface area contributed by atoms with Gasteiger partial charge < -0.3 is 0 Å². The first kappa shape index (κ1) is 13.4. The van der Waals surface area contributed by atoms with Gasteiger partial charge in [-0.3, -0.25) is 4.99 Å². The van der Waals surface area contributed by atoms with Crippen LogP contribution in [0.25, 0.3) is 0 Å². The van der Waals surface area contributed by atoms with Crippen molar-refractivity contribution in [1.29, 1.82) is 0 Å². The molecule has 0 aromatic carbocycles. The summed E-state index contributed by atoms with van der Waals surface area (Å²) in [4.78, 5) is 4.44. The summed E-state index contributed by atoms with van der Waals surface area (Å²) >= 11 is 0. The highest BCUT2D eigenvalue weighted by Crippen LogP contribution is 2.12. The van der Waals surface area contributed by atoms with Crippen molar-refractivity contribution in [3.05, 3.63) is 11.6 Å². The van der Waals surface area contributed by atoms with Crippen LogP contribution in [0, 0.1) is 11.8 Å². The number of nitrogens with zero attached hydrogens (tertiary/aromatic N) is 1. The van der Waals surface area contributed by atoms with Crippen LogP contribution in [0.15, 0.2) is 16.6 Å². The Labute approximate surface area is 89.3 Å². The van der Waals surface area contributed by atoms with Gasteiger partial charge in [0.15, 0.2) is 0 Å². The summed E-state index contributed by atoms with van der Waals surface area (Å²) in [6.45, 7) is 13.1. The molecule has 1 nitrogen and oxygen atoms in total. The largest absolute Gasteiger partial charge is 0.290 e. The molecule has 0 amide bonds. The summed E-state index contributed by atoms with van der Waals surface area (Å²) in [5.41, 5.74) is 1.38. The van der Waals surface area contributed by atoms with Crippen molar-refractivity contribution >= 4 is 6.21 Å². The fourth-order valence-corrected chi connectivity index (χ4v) is 1.31. The monoisotopic (exact) mass is 195 g/mol. The number of rotatable bonds is 5. The first-order valence-corrected chi connectivity index (χ1v) is 5.65. The summed E-state index contributed by atoms with van der Waals surface area (Å²) in [5.74, 6) is 1.32. The van der Waals surface area contributed by atoms with Gasteiger partial charge in [-0.05, 0) is 37.7 Å². The first-order chi connectivity index (χ1) is 6.41.